The number of aryl methyl sites for hydroxylation is 1. The van der Waals surface area contributed by atoms with Gasteiger partial charge in [-0.2, -0.15) is 0 Å². The Morgan fingerprint density at radius 2 is 2.07 bits per heavy atom. The van der Waals surface area contributed by atoms with E-state index >= 15 is 0 Å². The van der Waals surface area contributed by atoms with Gasteiger partial charge in [0, 0.05) is 11.4 Å². The molecule has 0 saturated heterocycles. The second kappa shape index (κ2) is 8.94. The number of benzene rings is 1. The van der Waals surface area contributed by atoms with Crippen molar-refractivity contribution in [3.05, 3.63) is 38.9 Å². The maximum Gasteiger partial charge on any atom is 0.345 e. The number of anilines is 1. The molecule has 27 heavy (non-hydrogen) atoms. The molecule has 1 aromatic carbocycles. The number of hydrogen-bond acceptors (Lipinski definition) is 9. The molecule has 0 bridgehead atoms. The SMILES string of the molecule is CCOc1cc([N+](=O)[O-])c(C(=O)OCC(=O)Nc2nc(C)cs2)cc1OC. The fourth-order valence-corrected chi connectivity index (χ4v) is 2.77. The number of amides is 1. The number of rotatable bonds is 8. The van der Waals surface area contributed by atoms with Gasteiger partial charge < -0.3 is 14.2 Å². The van der Waals surface area contributed by atoms with Crippen LogP contribution in [0.25, 0.3) is 0 Å². The molecule has 1 N–H and O–H groups in total. The van der Waals surface area contributed by atoms with Crippen molar-refractivity contribution in [3.8, 4) is 11.5 Å². The normalized spacial score (nSPS) is 10.2. The van der Waals surface area contributed by atoms with E-state index in [-0.39, 0.29) is 23.7 Å². The van der Waals surface area contributed by atoms with Crippen LogP contribution in [0.5, 0.6) is 11.5 Å². The van der Waals surface area contributed by atoms with Crippen LogP contribution in [0.3, 0.4) is 0 Å². The van der Waals surface area contributed by atoms with Gasteiger partial charge in [0.15, 0.2) is 23.2 Å². The fourth-order valence-electron chi connectivity index (χ4n) is 2.07. The van der Waals surface area contributed by atoms with Crippen LogP contribution in [0.15, 0.2) is 17.5 Å². The lowest BCUT2D eigenvalue weighted by Gasteiger charge is -2.11. The number of nitro groups is 1. The van der Waals surface area contributed by atoms with Crippen molar-refractivity contribution in [3.63, 3.8) is 0 Å². The highest BCUT2D eigenvalue weighted by Gasteiger charge is 2.26. The molecule has 10 nitrogen and oxygen atoms in total. The van der Waals surface area contributed by atoms with E-state index in [1.165, 1.54) is 18.4 Å². The Balaban J connectivity index is 2.14. The highest BCUT2D eigenvalue weighted by atomic mass is 32.1. The van der Waals surface area contributed by atoms with E-state index in [9.17, 15) is 19.7 Å². The van der Waals surface area contributed by atoms with Crippen molar-refractivity contribution in [2.75, 3.05) is 25.6 Å². The Labute approximate surface area is 158 Å². The number of esters is 1. The van der Waals surface area contributed by atoms with Crippen molar-refractivity contribution in [1.82, 2.24) is 4.98 Å². The molecule has 0 aliphatic rings. The minimum Gasteiger partial charge on any atom is -0.493 e. The second-order valence-corrected chi connectivity index (χ2v) is 5.99. The zero-order valence-electron chi connectivity index (χ0n) is 14.8. The van der Waals surface area contributed by atoms with Crippen LogP contribution in [-0.4, -0.2) is 42.1 Å². The molecule has 11 heteroatoms. The van der Waals surface area contributed by atoms with Gasteiger partial charge in [0.05, 0.1) is 30.4 Å². The Morgan fingerprint density at radius 3 is 2.63 bits per heavy atom. The van der Waals surface area contributed by atoms with E-state index in [4.69, 9.17) is 14.2 Å². The summed E-state index contributed by atoms with van der Waals surface area (Å²) in [5.41, 5.74) is -0.122. The minimum absolute atomic E-state index is 0.125. The van der Waals surface area contributed by atoms with Gasteiger partial charge in [-0.3, -0.25) is 20.2 Å². The lowest BCUT2D eigenvalue weighted by molar-refractivity contribution is -0.385. The summed E-state index contributed by atoms with van der Waals surface area (Å²) in [7, 11) is 1.34. The number of methoxy groups -OCH3 is 1. The molecule has 1 aromatic heterocycles. The van der Waals surface area contributed by atoms with Gasteiger partial charge in [0.1, 0.15) is 5.56 Å². The Hall–Kier alpha value is -3.21. The first-order chi connectivity index (χ1) is 12.8. The molecule has 0 atom stereocenters. The van der Waals surface area contributed by atoms with Crippen molar-refractivity contribution >= 4 is 34.0 Å². The molecule has 0 spiro atoms. The van der Waals surface area contributed by atoms with Gasteiger partial charge in [0.2, 0.25) is 0 Å². The summed E-state index contributed by atoms with van der Waals surface area (Å²) < 4.78 is 15.2. The molecule has 2 aromatic rings. The van der Waals surface area contributed by atoms with E-state index < -0.39 is 29.1 Å². The van der Waals surface area contributed by atoms with Gasteiger partial charge >= 0.3 is 5.97 Å². The van der Waals surface area contributed by atoms with Crippen molar-refractivity contribution in [1.29, 1.82) is 0 Å². The number of nitro benzene ring substituents is 1. The zero-order valence-corrected chi connectivity index (χ0v) is 15.6. The molecule has 0 fully saturated rings. The van der Waals surface area contributed by atoms with Crippen LogP contribution in [0.4, 0.5) is 10.8 Å². The fraction of sp³-hybridized carbons (Fsp3) is 0.312. The highest BCUT2D eigenvalue weighted by Crippen LogP contribution is 2.35. The standard InChI is InChI=1S/C16H17N3O7S/c1-4-25-13-6-11(19(22)23)10(5-12(13)24-3)15(21)26-7-14(20)18-16-17-9(2)8-27-16/h5-6,8H,4,7H2,1-3H3,(H,17,18,20). The maximum atomic E-state index is 12.3. The van der Waals surface area contributed by atoms with Crippen molar-refractivity contribution in [2.45, 2.75) is 13.8 Å². The molecule has 1 heterocycles. The number of nitrogens with one attached hydrogen (secondary N) is 1. The molecule has 0 saturated carbocycles. The lowest BCUT2D eigenvalue weighted by atomic mass is 10.1. The largest absolute Gasteiger partial charge is 0.493 e. The maximum absolute atomic E-state index is 12.3. The lowest BCUT2D eigenvalue weighted by Crippen LogP contribution is -2.21. The summed E-state index contributed by atoms with van der Waals surface area (Å²) in [6.45, 7) is 3.11. The third-order valence-corrected chi connectivity index (χ3v) is 4.07. The molecule has 0 radical (unpaired) electrons. The Morgan fingerprint density at radius 1 is 1.33 bits per heavy atom. The topological polar surface area (TPSA) is 130 Å². The molecule has 2 rings (SSSR count). The monoisotopic (exact) mass is 395 g/mol. The Bertz CT molecular complexity index is 866. The van der Waals surface area contributed by atoms with Gasteiger partial charge in [-0.25, -0.2) is 9.78 Å². The van der Waals surface area contributed by atoms with Crippen LogP contribution >= 0.6 is 11.3 Å². The number of ether oxygens (including phenoxy) is 3. The number of carbonyl (C=O) groups excluding carboxylic acids is 2. The molecule has 0 aliphatic heterocycles. The summed E-state index contributed by atoms with van der Waals surface area (Å²) in [4.78, 5) is 38.7. The first kappa shape index (κ1) is 20.1. The molecular formula is C16H17N3O7S. The first-order valence-electron chi connectivity index (χ1n) is 7.74. The van der Waals surface area contributed by atoms with Gasteiger partial charge in [-0.15, -0.1) is 11.3 Å². The van der Waals surface area contributed by atoms with Gasteiger partial charge in [-0.05, 0) is 13.8 Å². The first-order valence-corrected chi connectivity index (χ1v) is 8.62. The van der Waals surface area contributed by atoms with Crippen LogP contribution in [0.2, 0.25) is 0 Å². The highest BCUT2D eigenvalue weighted by molar-refractivity contribution is 7.13. The van der Waals surface area contributed by atoms with Gasteiger partial charge in [-0.1, -0.05) is 0 Å². The van der Waals surface area contributed by atoms with Crippen molar-refractivity contribution < 1.29 is 28.7 Å². The van der Waals surface area contributed by atoms with E-state index in [0.29, 0.717) is 5.13 Å². The van der Waals surface area contributed by atoms with Crippen LogP contribution in [-0.2, 0) is 9.53 Å². The van der Waals surface area contributed by atoms with E-state index in [0.717, 1.165) is 17.8 Å². The molecular weight excluding hydrogens is 378 g/mol. The minimum atomic E-state index is -1.03. The number of aromatic nitrogens is 1. The van der Waals surface area contributed by atoms with Crippen LogP contribution in [0.1, 0.15) is 23.0 Å². The van der Waals surface area contributed by atoms with E-state index in [2.05, 4.69) is 10.3 Å². The molecule has 1 amide bonds. The summed E-state index contributed by atoms with van der Waals surface area (Å²) in [6, 6.07) is 2.23. The van der Waals surface area contributed by atoms with E-state index in [1.54, 1.807) is 19.2 Å². The Kier molecular flexibility index (Phi) is 6.66. The summed E-state index contributed by atoms with van der Waals surface area (Å²) >= 11 is 1.22. The summed E-state index contributed by atoms with van der Waals surface area (Å²) in [5.74, 6) is -1.39. The number of thiazole rings is 1. The molecule has 0 aliphatic carbocycles. The third-order valence-electron chi connectivity index (χ3n) is 3.20. The molecule has 144 valence electrons. The summed E-state index contributed by atoms with van der Waals surface area (Å²) in [6.07, 6.45) is 0. The number of hydrogen-bond donors (Lipinski definition) is 1. The van der Waals surface area contributed by atoms with Crippen LogP contribution < -0.4 is 14.8 Å². The quantitative estimate of drug-likeness (QED) is 0.410. The van der Waals surface area contributed by atoms with Crippen molar-refractivity contribution in [2.24, 2.45) is 0 Å². The molecule has 0 unspecified atom stereocenters. The number of carbonyl (C=O) groups is 2. The van der Waals surface area contributed by atoms with Gasteiger partial charge in [0.25, 0.3) is 11.6 Å². The average molecular weight is 395 g/mol. The summed E-state index contributed by atoms with van der Waals surface area (Å²) in [5, 5.41) is 15.9. The zero-order chi connectivity index (χ0) is 20.0. The smallest absolute Gasteiger partial charge is 0.345 e. The predicted molar refractivity (Wildman–Crippen MR) is 96.6 cm³/mol. The second-order valence-electron chi connectivity index (χ2n) is 5.13. The number of nitrogens with zero attached hydrogens (tertiary/aromatic N) is 2. The van der Waals surface area contributed by atoms with Crippen LogP contribution in [0, 0.1) is 17.0 Å². The third kappa shape index (κ3) is 5.14. The van der Waals surface area contributed by atoms with E-state index in [1.807, 2.05) is 0 Å². The average Bonchev–Trinajstić information content (AvgIpc) is 3.04. The predicted octanol–water partition coefficient (Wildman–Crippen LogP) is 2.56.